The van der Waals surface area contributed by atoms with Crippen molar-refractivity contribution in [3.63, 3.8) is 0 Å². The summed E-state index contributed by atoms with van der Waals surface area (Å²) in [5.74, 6) is -0.929. The van der Waals surface area contributed by atoms with Crippen LogP contribution < -0.4 is 9.64 Å². The molecule has 3 heterocycles. The van der Waals surface area contributed by atoms with Crippen molar-refractivity contribution in [3.05, 3.63) is 87.1 Å². The van der Waals surface area contributed by atoms with Gasteiger partial charge < -0.3 is 9.84 Å². The Hall–Kier alpha value is -3.82. The van der Waals surface area contributed by atoms with Gasteiger partial charge in [0.2, 0.25) is 5.78 Å². The van der Waals surface area contributed by atoms with Gasteiger partial charge in [0.25, 0.3) is 5.91 Å². The molecule has 0 saturated carbocycles. The van der Waals surface area contributed by atoms with Gasteiger partial charge in [-0.1, -0.05) is 53.8 Å². The fraction of sp³-hybridized carbons (Fsp3) is 0.185. The molecule has 0 fully saturated rings. The predicted molar refractivity (Wildman–Crippen MR) is 143 cm³/mol. The molecular formula is C27H23N3O4S2. The predicted octanol–water partition coefficient (Wildman–Crippen LogP) is 5.89. The van der Waals surface area contributed by atoms with E-state index in [1.807, 2.05) is 68.5 Å². The van der Waals surface area contributed by atoms with Crippen LogP contribution in [0.1, 0.15) is 32.9 Å². The SMILES string of the molecule is CCOc1ccc2nc(N3C(=O)C(O)=C(C(=O)c4sc(C)nc4C)C3C=Cc3ccccc3)sc2c1. The van der Waals surface area contributed by atoms with E-state index in [1.54, 1.807) is 13.0 Å². The lowest BCUT2D eigenvalue weighted by Crippen LogP contribution is -2.35. The topological polar surface area (TPSA) is 92.6 Å². The number of nitrogens with zero attached hydrogens (tertiary/aromatic N) is 3. The maximum atomic E-state index is 13.6. The molecule has 1 unspecified atom stereocenters. The fourth-order valence-electron chi connectivity index (χ4n) is 4.14. The van der Waals surface area contributed by atoms with Crippen LogP contribution in [-0.2, 0) is 4.79 Å². The highest BCUT2D eigenvalue weighted by Crippen LogP contribution is 2.39. The molecule has 1 atom stereocenters. The first-order valence-electron chi connectivity index (χ1n) is 11.4. The van der Waals surface area contributed by atoms with Crippen molar-refractivity contribution in [2.45, 2.75) is 26.8 Å². The minimum absolute atomic E-state index is 0.0215. The third kappa shape index (κ3) is 4.31. The minimum atomic E-state index is -0.834. The van der Waals surface area contributed by atoms with Crippen LogP contribution in [0, 0.1) is 13.8 Å². The van der Waals surface area contributed by atoms with Gasteiger partial charge in [0, 0.05) is 0 Å². The van der Waals surface area contributed by atoms with Crippen molar-refractivity contribution in [2.24, 2.45) is 0 Å². The Morgan fingerprint density at radius 1 is 1.14 bits per heavy atom. The number of hydrogen-bond donors (Lipinski definition) is 1. The van der Waals surface area contributed by atoms with Gasteiger partial charge in [0.1, 0.15) is 5.75 Å². The average Bonchev–Trinajstić information content (AvgIpc) is 3.51. The average molecular weight is 518 g/mol. The quantitative estimate of drug-likeness (QED) is 0.307. The summed E-state index contributed by atoms with van der Waals surface area (Å²) in [6, 6.07) is 14.3. The molecule has 1 amide bonds. The smallest absolute Gasteiger partial charge is 0.296 e. The monoisotopic (exact) mass is 517 g/mol. The van der Waals surface area contributed by atoms with Crippen molar-refractivity contribution in [3.8, 4) is 5.75 Å². The van der Waals surface area contributed by atoms with E-state index >= 15 is 0 Å². The normalized spacial score (nSPS) is 16.0. The summed E-state index contributed by atoms with van der Waals surface area (Å²) >= 11 is 2.55. The third-order valence-electron chi connectivity index (χ3n) is 5.74. The third-order valence-corrected chi connectivity index (χ3v) is 7.83. The number of ketones is 1. The zero-order valence-corrected chi connectivity index (χ0v) is 21.5. The van der Waals surface area contributed by atoms with Gasteiger partial charge in [0.15, 0.2) is 10.9 Å². The van der Waals surface area contributed by atoms with E-state index in [0.29, 0.717) is 33.6 Å². The van der Waals surface area contributed by atoms with Gasteiger partial charge in [-0.05, 0) is 44.5 Å². The number of aromatic nitrogens is 2. The number of hydrogen-bond acceptors (Lipinski definition) is 8. The van der Waals surface area contributed by atoms with E-state index in [0.717, 1.165) is 15.3 Å². The highest BCUT2D eigenvalue weighted by molar-refractivity contribution is 7.22. The first-order chi connectivity index (χ1) is 17.4. The Kier molecular flexibility index (Phi) is 6.42. The molecule has 182 valence electrons. The molecular weight excluding hydrogens is 494 g/mol. The molecule has 2 aromatic carbocycles. The molecule has 0 saturated heterocycles. The van der Waals surface area contributed by atoms with Gasteiger partial charge in [-0.3, -0.25) is 14.5 Å². The summed E-state index contributed by atoms with van der Waals surface area (Å²) in [4.78, 5) is 37.8. The van der Waals surface area contributed by atoms with Crippen LogP contribution >= 0.6 is 22.7 Å². The van der Waals surface area contributed by atoms with Crippen LogP contribution in [0.4, 0.5) is 5.13 Å². The Balaban J connectivity index is 1.60. The van der Waals surface area contributed by atoms with Crippen LogP contribution in [0.25, 0.3) is 16.3 Å². The molecule has 0 bridgehead atoms. The van der Waals surface area contributed by atoms with Crippen LogP contribution in [0.5, 0.6) is 5.75 Å². The molecule has 0 radical (unpaired) electrons. The maximum Gasteiger partial charge on any atom is 0.296 e. The van der Waals surface area contributed by atoms with Gasteiger partial charge in [-0.15, -0.1) is 11.3 Å². The molecule has 2 aromatic heterocycles. The first-order valence-corrected chi connectivity index (χ1v) is 13.0. The molecule has 1 aliphatic rings. The highest BCUT2D eigenvalue weighted by atomic mass is 32.1. The number of carbonyl (C=O) groups is 2. The fourth-order valence-corrected chi connectivity index (χ4v) is 6.04. The van der Waals surface area contributed by atoms with Crippen LogP contribution in [0.15, 0.2) is 65.9 Å². The summed E-state index contributed by atoms with van der Waals surface area (Å²) in [6.07, 6.45) is 3.59. The van der Waals surface area contributed by atoms with Gasteiger partial charge in [0.05, 0.1) is 44.0 Å². The number of anilines is 1. The van der Waals surface area contributed by atoms with Crippen molar-refractivity contribution in [1.29, 1.82) is 0 Å². The number of carbonyl (C=O) groups excluding carboxylic acids is 2. The van der Waals surface area contributed by atoms with Gasteiger partial charge in [-0.25, -0.2) is 9.97 Å². The molecule has 0 aliphatic carbocycles. The second-order valence-corrected chi connectivity index (χ2v) is 10.4. The summed E-state index contributed by atoms with van der Waals surface area (Å²) < 4.78 is 6.43. The molecule has 0 spiro atoms. The molecule has 5 rings (SSSR count). The van der Waals surface area contributed by atoms with Gasteiger partial charge in [-0.2, -0.15) is 0 Å². The van der Waals surface area contributed by atoms with E-state index in [1.165, 1.54) is 27.6 Å². The van der Waals surface area contributed by atoms with E-state index in [4.69, 9.17) is 4.74 Å². The van der Waals surface area contributed by atoms with Crippen LogP contribution in [-0.4, -0.2) is 39.4 Å². The van der Waals surface area contributed by atoms with Crippen LogP contribution in [0.3, 0.4) is 0 Å². The van der Waals surface area contributed by atoms with Crippen molar-refractivity contribution >= 4 is 55.8 Å². The Bertz CT molecular complexity index is 1540. The van der Waals surface area contributed by atoms with E-state index < -0.39 is 23.5 Å². The number of rotatable bonds is 7. The second kappa shape index (κ2) is 9.67. The number of fused-ring (bicyclic) bond motifs is 1. The number of aliphatic hydroxyl groups excluding tert-OH is 1. The molecule has 1 N–H and O–H groups in total. The zero-order valence-electron chi connectivity index (χ0n) is 19.9. The largest absolute Gasteiger partial charge is 0.503 e. The Labute approximate surface area is 216 Å². The molecule has 4 aromatic rings. The number of aryl methyl sites for hydroxylation is 2. The zero-order chi connectivity index (χ0) is 25.4. The number of amides is 1. The highest BCUT2D eigenvalue weighted by Gasteiger charge is 2.44. The standard InChI is InChI=1S/C27H23N3O4S2/c1-4-34-18-11-12-19-21(14-18)36-27(29-19)30-20(13-10-17-8-6-5-7-9-17)22(24(32)26(30)33)23(31)25-15(2)28-16(3)35-25/h5-14,20,32H,4H2,1-3H3. The van der Waals surface area contributed by atoms with Crippen LogP contribution in [0.2, 0.25) is 0 Å². The summed E-state index contributed by atoms with van der Waals surface area (Å²) in [7, 11) is 0. The minimum Gasteiger partial charge on any atom is -0.503 e. The number of ether oxygens (including phenoxy) is 1. The van der Waals surface area contributed by atoms with E-state index in [-0.39, 0.29) is 5.57 Å². The maximum absolute atomic E-state index is 13.6. The van der Waals surface area contributed by atoms with Crippen molar-refractivity contribution in [2.75, 3.05) is 11.5 Å². The molecule has 9 heteroatoms. The number of Topliss-reactive ketones (excluding diaryl/α,β-unsaturated/α-hetero) is 1. The molecule has 36 heavy (non-hydrogen) atoms. The number of aliphatic hydroxyl groups is 1. The number of benzene rings is 2. The molecule has 7 nitrogen and oxygen atoms in total. The second-order valence-electron chi connectivity index (χ2n) is 8.19. The summed E-state index contributed by atoms with van der Waals surface area (Å²) in [6.45, 7) is 6.02. The van der Waals surface area contributed by atoms with E-state index in [9.17, 15) is 14.7 Å². The lowest BCUT2D eigenvalue weighted by molar-refractivity contribution is -0.116. The number of thiazole rings is 2. The Morgan fingerprint density at radius 3 is 2.61 bits per heavy atom. The van der Waals surface area contributed by atoms with Crippen molar-refractivity contribution in [1.82, 2.24) is 9.97 Å². The summed E-state index contributed by atoms with van der Waals surface area (Å²) in [5, 5.41) is 12.1. The summed E-state index contributed by atoms with van der Waals surface area (Å²) in [5.41, 5.74) is 2.19. The first kappa shape index (κ1) is 23.9. The van der Waals surface area contributed by atoms with E-state index in [2.05, 4.69) is 9.97 Å². The van der Waals surface area contributed by atoms with Gasteiger partial charge >= 0.3 is 0 Å². The van der Waals surface area contributed by atoms with Crippen molar-refractivity contribution < 1.29 is 19.4 Å². The lowest BCUT2D eigenvalue weighted by Gasteiger charge is -2.21. The lowest BCUT2D eigenvalue weighted by atomic mass is 10.0. The Morgan fingerprint density at radius 2 is 1.92 bits per heavy atom. The molecule has 1 aliphatic heterocycles.